The molecule has 0 aromatic heterocycles. The number of fused-ring (bicyclic) bond motifs is 1. The lowest BCUT2D eigenvalue weighted by molar-refractivity contribution is -0.117. The van der Waals surface area contributed by atoms with Crippen LogP contribution in [0.2, 0.25) is 5.02 Å². The van der Waals surface area contributed by atoms with Gasteiger partial charge in [0.15, 0.2) is 5.78 Å². The van der Waals surface area contributed by atoms with Crippen LogP contribution >= 0.6 is 11.6 Å². The number of nitrogens with one attached hydrogen (secondary N) is 1. The van der Waals surface area contributed by atoms with Crippen molar-refractivity contribution in [2.24, 2.45) is 0 Å². The van der Waals surface area contributed by atoms with E-state index in [0.717, 1.165) is 35.5 Å². The molecule has 132 valence electrons. The van der Waals surface area contributed by atoms with E-state index in [2.05, 4.69) is 5.32 Å². The third kappa shape index (κ3) is 2.71. The Morgan fingerprint density at radius 1 is 1.12 bits per heavy atom. The molecule has 4 rings (SSSR count). The Labute approximate surface area is 157 Å². The van der Waals surface area contributed by atoms with E-state index in [-0.39, 0.29) is 11.7 Å². The molecule has 1 unspecified atom stereocenters. The fourth-order valence-corrected chi connectivity index (χ4v) is 4.11. The molecule has 0 saturated heterocycles. The lowest BCUT2D eigenvalue weighted by Crippen LogP contribution is -2.36. The summed E-state index contributed by atoms with van der Waals surface area (Å²) in [7, 11) is 0. The first-order chi connectivity index (χ1) is 12.6. The lowest BCUT2D eigenvalue weighted by Gasteiger charge is -2.33. The fourth-order valence-electron chi connectivity index (χ4n) is 3.87. The Kier molecular flexibility index (Phi) is 4.29. The van der Waals surface area contributed by atoms with Gasteiger partial charge in [-0.05, 0) is 36.6 Å². The number of carbonyl (C=O) groups is 2. The number of amides is 1. The Morgan fingerprint density at radius 2 is 1.85 bits per heavy atom. The summed E-state index contributed by atoms with van der Waals surface area (Å²) in [6, 6.07) is 14.6. The topological polar surface area (TPSA) is 49.4 Å². The van der Waals surface area contributed by atoms with E-state index in [4.69, 9.17) is 11.6 Å². The van der Waals surface area contributed by atoms with E-state index < -0.39 is 6.04 Å². The number of allylic oxidation sites excluding steroid dienone is 1. The summed E-state index contributed by atoms with van der Waals surface area (Å²) in [6.07, 6.45) is 2.08. The van der Waals surface area contributed by atoms with Gasteiger partial charge < -0.3 is 5.32 Å². The first-order valence-corrected chi connectivity index (χ1v) is 9.12. The molecule has 2 aromatic carbocycles. The molecular weight excluding hydrogens is 348 g/mol. The summed E-state index contributed by atoms with van der Waals surface area (Å²) in [5.74, 6) is -0.0565. The number of ketones is 1. The minimum absolute atomic E-state index is 0.0720. The summed E-state index contributed by atoms with van der Waals surface area (Å²) in [5, 5.41) is 3.97. The molecule has 0 saturated carbocycles. The SMILES string of the molecule is CC(=O)N1c2ccccc2NC2=C(C(=O)CCC2)C1c1ccccc1Cl. The van der Waals surface area contributed by atoms with E-state index in [1.54, 1.807) is 11.0 Å². The van der Waals surface area contributed by atoms with Crippen LogP contribution in [0.3, 0.4) is 0 Å². The normalized spacial score (nSPS) is 19.4. The summed E-state index contributed by atoms with van der Waals surface area (Å²) >= 11 is 6.49. The van der Waals surface area contributed by atoms with E-state index in [1.165, 1.54) is 6.92 Å². The van der Waals surface area contributed by atoms with E-state index in [0.29, 0.717) is 17.0 Å². The monoisotopic (exact) mass is 366 g/mol. The second kappa shape index (κ2) is 6.61. The van der Waals surface area contributed by atoms with E-state index >= 15 is 0 Å². The predicted octanol–water partition coefficient (Wildman–Crippen LogP) is 4.87. The summed E-state index contributed by atoms with van der Waals surface area (Å²) in [6.45, 7) is 1.53. The second-order valence-corrected chi connectivity index (χ2v) is 7.03. The standard InChI is InChI=1S/C21H19ClN2O2/c1-13(25)24-18-11-5-4-9-16(18)23-17-10-6-12-19(26)20(17)21(24)14-7-2-3-8-15(14)22/h2-5,7-9,11,21,23H,6,10,12H2,1H3. The zero-order valence-corrected chi connectivity index (χ0v) is 15.2. The minimum atomic E-state index is -0.528. The van der Waals surface area contributed by atoms with Crippen LogP contribution in [-0.2, 0) is 9.59 Å². The highest BCUT2D eigenvalue weighted by atomic mass is 35.5. The number of anilines is 2. The fraction of sp³-hybridized carbons (Fsp3) is 0.238. The van der Waals surface area contributed by atoms with Gasteiger partial charge in [0.2, 0.25) is 5.91 Å². The number of para-hydroxylation sites is 2. The highest BCUT2D eigenvalue weighted by Crippen LogP contribution is 2.45. The Hall–Kier alpha value is -2.59. The molecule has 0 fully saturated rings. The molecule has 1 aliphatic carbocycles. The molecule has 26 heavy (non-hydrogen) atoms. The molecule has 1 N–H and O–H groups in total. The average molecular weight is 367 g/mol. The van der Waals surface area contributed by atoms with Gasteiger partial charge in [-0.1, -0.05) is 41.9 Å². The van der Waals surface area contributed by atoms with Crippen LogP contribution in [0.15, 0.2) is 59.8 Å². The molecule has 0 spiro atoms. The first kappa shape index (κ1) is 16.9. The maximum absolute atomic E-state index is 12.9. The van der Waals surface area contributed by atoms with Crippen molar-refractivity contribution < 1.29 is 9.59 Å². The quantitative estimate of drug-likeness (QED) is 0.783. The maximum Gasteiger partial charge on any atom is 0.224 e. The smallest absolute Gasteiger partial charge is 0.224 e. The third-order valence-corrected chi connectivity index (χ3v) is 5.32. The van der Waals surface area contributed by atoms with Crippen molar-refractivity contribution in [3.05, 3.63) is 70.4 Å². The van der Waals surface area contributed by atoms with Crippen molar-refractivity contribution in [1.29, 1.82) is 0 Å². The largest absolute Gasteiger partial charge is 0.357 e. The van der Waals surface area contributed by atoms with Crippen LogP contribution in [0.5, 0.6) is 0 Å². The molecule has 4 nitrogen and oxygen atoms in total. The second-order valence-electron chi connectivity index (χ2n) is 6.62. The predicted molar refractivity (Wildman–Crippen MR) is 103 cm³/mol. The molecule has 0 radical (unpaired) electrons. The van der Waals surface area contributed by atoms with Gasteiger partial charge in [-0.3, -0.25) is 14.5 Å². The molecule has 1 heterocycles. The van der Waals surface area contributed by atoms with Crippen LogP contribution in [0, 0.1) is 0 Å². The third-order valence-electron chi connectivity index (χ3n) is 4.98. The highest BCUT2D eigenvalue weighted by molar-refractivity contribution is 6.31. The zero-order valence-electron chi connectivity index (χ0n) is 14.5. The van der Waals surface area contributed by atoms with Crippen molar-refractivity contribution in [2.75, 3.05) is 10.2 Å². The van der Waals surface area contributed by atoms with Gasteiger partial charge >= 0.3 is 0 Å². The Balaban J connectivity index is 2.03. The van der Waals surface area contributed by atoms with Gasteiger partial charge in [0, 0.05) is 29.6 Å². The number of nitrogens with zero attached hydrogens (tertiary/aromatic N) is 1. The number of hydrogen-bond acceptors (Lipinski definition) is 3. The Bertz CT molecular complexity index is 935. The first-order valence-electron chi connectivity index (χ1n) is 8.74. The maximum atomic E-state index is 12.9. The van der Waals surface area contributed by atoms with Gasteiger partial charge in [0.25, 0.3) is 0 Å². The van der Waals surface area contributed by atoms with Crippen LogP contribution in [0.25, 0.3) is 0 Å². The van der Waals surface area contributed by atoms with Gasteiger partial charge in [-0.15, -0.1) is 0 Å². The zero-order chi connectivity index (χ0) is 18.3. The number of rotatable bonds is 1. The van der Waals surface area contributed by atoms with Gasteiger partial charge in [-0.2, -0.15) is 0 Å². The van der Waals surface area contributed by atoms with Crippen molar-refractivity contribution in [1.82, 2.24) is 0 Å². The number of hydrogen-bond donors (Lipinski definition) is 1. The number of benzene rings is 2. The summed E-state index contributed by atoms with van der Waals surface area (Å²) in [5.41, 5.74) is 3.90. The average Bonchev–Trinajstić information content (AvgIpc) is 2.77. The molecule has 5 heteroatoms. The molecule has 1 amide bonds. The van der Waals surface area contributed by atoms with Crippen molar-refractivity contribution in [3.8, 4) is 0 Å². The van der Waals surface area contributed by atoms with Crippen LogP contribution in [0.1, 0.15) is 37.8 Å². The van der Waals surface area contributed by atoms with Crippen LogP contribution in [0.4, 0.5) is 11.4 Å². The molecule has 2 aliphatic rings. The number of Topliss-reactive ketones (excluding diaryl/α,β-unsaturated/α-hetero) is 1. The van der Waals surface area contributed by atoms with Crippen molar-refractivity contribution >= 4 is 34.7 Å². The highest BCUT2D eigenvalue weighted by Gasteiger charge is 2.39. The summed E-state index contributed by atoms with van der Waals surface area (Å²) < 4.78 is 0. The number of halogens is 1. The summed E-state index contributed by atoms with van der Waals surface area (Å²) in [4.78, 5) is 27.3. The van der Waals surface area contributed by atoms with Gasteiger partial charge in [0.05, 0.1) is 17.4 Å². The molecule has 2 aromatic rings. The minimum Gasteiger partial charge on any atom is -0.357 e. The number of carbonyl (C=O) groups excluding carboxylic acids is 2. The Morgan fingerprint density at radius 3 is 2.62 bits per heavy atom. The van der Waals surface area contributed by atoms with E-state index in [1.807, 2.05) is 42.5 Å². The van der Waals surface area contributed by atoms with Crippen LogP contribution < -0.4 is 10.2 Å². The van der Waals surface area contributed by atoms with Crippen LogP contribution in [-0.4, -0.2) is 11.7 Å². The molecule has 0 bridgehead atoms. The molecule has 1 aliphatic heterocycles. The van der Waals surface area contributed by atoms with Gasteiger partial charge in [0.1, 0.15) is 0 Å². The van der Waals surface area contributed by atoms with E-state index in [9.17, 15) is 9.59 Å². The molecule has 1 atom stereocenters. The molecular formula is C21H19ClN2O2. The van der Waals surface area contributed by atoms with Crippen molar-refractivity contribution in [2.45, 2.75) is 32.2 Å². The lowest BCUT2D eigenvalue weighted by atomic mass is 9.86. The van der Waals surface area contributed by atoms with Crippen molar-refractivity contribution in [3.63, 3.8) is 0 Å². The van der Waals surface area contributed by atoms with Gasteiger partial charge in [-0.25, -0.2) is 0 Å².